The lowest BCUT2D eigenvalue weighted by Crippen LogP contribution is -2.09. The molecule has 0 aliphatic rings. The number of benzene rings is 1. The van der Waals surface area contributed by atoms with Gasteiger partial charge in [0.2, 0.25) is 11.7 Å². The number of anilines is 2. The lowest BCUT2D eigenvalue weighted by atomic mass is 9.94. The average Bonchev–Trinajstić information content (AvgIpc) is 3.44. The number of carbonyl (C=O) groups is 1. The molecule has 0 amide bonds. The van der Waals surface area contributed by atoms with Crippen LogP contribution in [0.25, 0.3) is 11.4 Å². The van der Waals surface area contributed by atoms with E-state index in [2.05, 4.69) is 30.4 Å². The summed E-state index contributed by atoms with van der Waals surface area (Å²) < 4.78 is 22.5. The predicted octanol–water partition coefficient (Wildman–Crippen LogP) is 4.56. The highest BCUT2D eigenvalue weighted by Crippen LogP contribution is 2.27. The number of aryl methyl sites for hydroxylation is 2. The maximum atomic E-state index is 15.2. The molecular formula is C24H26FN7O2. The second kappa shape index (κ2) is 9.12. The van der Waals surface area contributed by atoms with Crippen LogP contribution in [0, 0.1) is 12.7 Å². The Morgan fingerprint density at radius 1 is 1.18 bits per heavy atom. The molecule has 0 unspecified atom stereocenters. The molecule has 0 fully saturated rings. The standard InChI is InChI=1S/C24H26FN7O2/c1-14-15(7-9-18(33)22-26-11-19(34-22)24(2,3)4)6-8-17(20(14)25)21-27-13-28-23(31-21)30-16-10-29-32(5)12-16/h6,8,10-13H,7,9H2,1-5H3,(H,27,28,30,31). The fraction of sp³-hybridized carbons (Fsp3) is 0.333. The van der Waals surface area contributed by atoms with Crippen molar-refractivity contribution in [2.75, 3.05) is 5.32 Å². The van der Waals surface area contributed by atoms with Crippen molar-refractivity contribution in [1.29, 1.82) is 0 Å². The maximum absolute atomic E-state index is 15.2. The molecule has 9 nitrogen and oxygen atoms in total. The van der Waals surface area contributed by atoms with E-state index in [0.29, 0.717) is 23.4 Å². The van der Waals surface area contributed by atoms with Crippen LogP contribution in [0.4, 0.5) is 16.0 Å². The molecular weight excluding hydrogens is 437 g/mol. The highest BCUT2D eigenvalue weighted by Gasteiger charge is 2.22. The monoisotopic (exact) mass is 463 g/mol. The third-order valence-electron chi connectivity index (χ3n) is 5.38. The number of hydrogen-bond acceptors (Lipinski definition) is 8. The van der Waals surface area contributed by atoms with Crippen LogP contribution in [-0.4, -0.2) is 35.5 Å². The van der Waals surface area contributed by atoms with Crippen molar-refractivity contribution >= 4 is 17.4 Å². The zero-order valence-electron chi connectivity index (χ0n) is 19.8. The summed E-state index contributed by atoms with van der Waals surface area (Å²) in [5.74, 6) is 0.567. The zero-order chi connectivity index (χ0) is 24.5. The number of halogens is 1. The Labute approximate surface area is 196 Å². The number of nitrogens with zero attached hydrogens (tertiary/aromatic N) is 6. The number of nitrogens with one attached hydrogen (secondary N) is 1. The van der Waals surface area contributed by atoms with Gasteiger partial charge in [-0.15, -0.1) is 0 Å². The van der Waals surface area contributed by atoms with Crippen LogP contribution in [0.2, 0.25) is 0 Å². The predicted molar refractivity (Wildman–Crippen MR) is 124 cm³/mol. The molecule has 1 aromatic carbocycles. The van der Waals surface area contributed by atoms with Gasteiger partial charge in [0.1, 0.15) is 17.9 Å². The quantitative estimate of drug-likeness (QED) is 0.397. The molecule has 0 bridgehead atoms. The van der Waals surface area contributed by atoms with E-state index in [1.54, 1.807) is 49.4 Å². The van der Waals surface area contributed by atoms with Gasteiger partial charge in [0, 0.05) is 25.1 Å². The SMILES string of the molecule is Cc1c(CCC(=O)c2ncc(C(C)(C)C)o2)ccc(-c2ncnc(Nc3cnn(C)c3)n2)c1F. The molecule has 4 aromatic rings. The molecule has 176 valence electrons. The van der Waals surface area contributed by atoms with E-state index in [9.17, 15) is 4.79 Å². The van der Waals surface area contributed by atoms with Crippen molar-refractivity contribution in [3.05, 3.63) is 65.6 Å². The Hall–Kier alpha value is -3.95. The first-order valence-corrected chi connectivity index (χ1v) is 10.8. The number of rotatable bonds is 7. The lowest BCUT2D eigenvalue weighted by molar-refractivity contribution is 0.0946. The summed E-state index contributed by atoms with van der Waals surface area (Å²) in [5.41, 5.74) is 1.89. The van der Waals surface area contributed by atoms with Crippen LogP contribution in [0.15, 0.2) is 41.5 Å². The Morgan fingerprint density at radius 2 is 1.97 bits per heavy atom. The molecule has 0 aliphatic carbocycles. The van der Waals surface area contributed by atoms with Crippen molar-refractivity contribution in [3.8, 4) is 11.4 Å². The Morgan fingerprint density at radius 3 is 2.65 bits per heavy atom. The number of hydrogen-bond donors (Lipinski definition) is 1. The summed E-state index contributed by atoms with van der Waals surface area (Å²) in [5, 5.41) is 7.10. The van der Waals surface area contributed by atoms with Crippen LogP contribution in [0.3, 0.4) is 0 Å². The molecule has 1 N–H and O–H groups in total. The van der Waals surface area contributed by atoms with Crippen LogP contribution < -0.4 is 5.32 Å². The summed E-state index contributed by atoms with van der Waals surface area (Å²) >= 11 is 0. The number of Topliss-reactive ketones (excluding diaryl/α,β-unsaturated/α-hetero) is 1. The molecule has 0 aliphatic heterocycles. The third-order valence-corrected chi connectivity index (χ3v) is 5.38. The Balaban J connectivity index is 1.48. The molecule has 3 aromatic heterocycles. The summed E-state index contributed by atoms with van der Waals surface area (Å²) in [6.45, 7) is 7.64. The molecule has 0 saturated heterocycles. The van der Waals surface area contributed by atoms with Crippen molar-refractivity contribution in [2.24, 2.45) is 7.05 Å². The molecule has 10 heteroatoms. The fourth-order valence-electron chi connectivity index (χ4n) is 3.37. The van der Waals surface area contributed by atoms with Gasteiger partial charge in [-0.25, -0.2) is 19.3 Å². The van der Waals surface area contributed by atoms with E-state index < -0.39 is 5.82 Å². The smallest absolute Gasteiger partial charge is 0.263 e. The van der Waals surface area contributed by atoms with E-state index in [-0.39, 0.29) is 40.8 Å². The number of aromatic nitrogens is 6. The molecule has 4 rings (SSSR count). The van der Waals surface area contributed by atoms with Gasteiger partial charge in [-0.05, 0) is 30.5 Å². The first-order valence-electron chi connectivity index (χ1n) is 10.8. The first kappa shape index (κ1) is 23.2. The van der Waals surface area contributed by atoms with E-state index in [1.165, 1.54) is 6.33 Å². The summed E-state index contributed by atoms with van der Waals surface area (Å²) in [4.78, 5) is 29.2. The lowest BCUT2D eigenvalue weighted by Gasteiger charge is -2.13. The van der Waals surface area contributed by atoms with Crippen molar-refractivity contribution in [2.45, 2.75) is 46.0 Å². The van der Waals surface area contributed by atoms with Gasteiger partial charge < -0.3 is 9.73 Å². The number of ketones is 1. The molecule has 0 atom stereocenters. The normalized spacial score (nSPS) is 11.6. The average molecular weight is 464 g/mol. The van der Waals surface area contributed by atoms with Crippen molar-refractivity contribution < 1.29 is 13.6 Å². The number of oxazole rings is 1. The number of carbonyl (C=O) groups excluding carboxylic acids is 1. The minimum Gasteiger partial charge on any atom is -0.438 e. The van der Waals surface area contributed by atoms with Crippen LogP contribution in [0.5, 0.6) is 0 Å². The van der Waals surface area contributed by atoms with Gasteiger partial charge in [-0.2, -0.15) is 10.1 Å². The molecule has 3 heterocycles. The van der Waals surface area contributed by atoms with Gasteiger partial charge in [-0.1, -0.05) is 26.8 Å². The van der Waals surface area contributed by atoms with Gasteiger partial charge >= 0.3 is 0 Å². The second-order valence-electron chi connectivity index (χ2n) is 9.07. The van der Waals surface area contributed by atoms with Crippen LogP contribution in [-0.2, 0) is 18.9 Å². The first-order chi connectivity index (χ1) is 16.1. The molecule has 0 radical (unpaired) electrons. The van der Waals surface area contributed by atoms with Gasteiger partial charge in [-0.3, -0.25) is 9.48 Å². The van der Waals surface area contributed by atoms with Gasteiger partial charge in [0.15, 0.2) is 5.82 Å². The van der Waals surface area contributed by atoms with Gasteiger partial charge in [0.25, 0.3) is 5.89 Å². The minimum absolute atomic E-state index is 0.0819. The topological polar surface area (TPSA) is 112 Å². The highest BCUT2D eigenvalue weighted by molar-refractivity contribution is 5.91. The summed E-state index contributed by atoms with van der Waals surface area (Å²) in [7, 11) is 1.80. The Kier molecular flexibility index (Phi) is 6.23. The van der Waals surface area contributed by atoms with E-state index in [1.807, 2.05) is 20.8 Å². The third kappa shape index (κ3) is 5.00. The van der Waals surface area contributed by atoms with E-state index >= 15 is 4.39 Å². The Bertz CT molecular complexity index is 1340. The van der Waals surface area contributed by atoms with Crippen LogP contribution in [0.1, 0.15) is 54.8 Å². The van der Waals surface area contributed by atoms with Crippen molar-refractivity contribution in [3.63, 3.8) is 0 Å². The minimum atomic E-state index is -0.436. The van der Waals surface area contributed by atoms with Gasteiger partial charge in [0.05, 0.1) is 23.6 Å². The zero-order valence-corrected chi connectivity index (χ0v) is 19.8. The summed E-state index contributed by atoms with van der Waals surface area (Å²) in [6.07, 6.45) is 6.83. The fourth-order valence-corrected chi connectivity index (χ4v) is 3.37. The van der Waals surface area contributed by atoms with Crippen LogP contribution >= 0.6 is 0 Å². The largest absolute Gasteiger partial charge is 0.438 e. The second-order valence-corrected chi connectivity index (χ2v) is 9.07. The van der Waals surface area contributed by atoms with E-state index in [0.717, 1.165) is 5.56 Å². The molecule has 34 heavy (non-hydrogen) atoms. The van der Waals surface area contributed by atoms with E-state index in [4.69, 9.17) is 4.42 Å². The highest BCUT2D eigenvalue weighted by atomic mass is 19.1. The molecule has 0 saturated carbocycles. The van der Waals surface area contributed by atoms with Crippen molar-refractivity contribution in [1.82, 2.24) is 29.7 Å². The molecule has 0 spiro atoms. The maximum Gasteiger partial charge on any atom is 0.263 e. The summed E-state index contributed by atoms with van der Waals surface area (Å²) in [6, 6.07) is 3.41.